The molecule has 0 aliphatic carbocycles. The molecule has 2 aromatic carbocycles. The van der Waals surface area contributed by atoms with Crippen molar-refractivity contribution in [2.24, 2.45) is 0 Å². The number of hydrogen-bond acceptors (Lipinski definition) is 5. The van der Waals surface area contributed by atoms with Crippen LogP contribution >= 0.6 is 0 Å². The Hall–Kier alpha value is -3.68. The summed E-state index contributed by atoms with van der Waals surface area (Å²) in [5.74, 6) is -0.737. The number of hydrogen-bond donors (Lipinski definition) is 1. The van der Waals surface area contributed by atoms with E-state index in [4.69, 9.17) is 4.74 Å². The number of imide groups is 1. The first-order valence-electron chi connectivity index (χ1n) is 10.7. The van der Waals surface area contributed by atoms with Gasteiger partial charge in [0.25, 0.3) is 17.7 Å². The van der Waals surface area contributed by atoms with Crippen LogP contribution in [-0.4, -0.2) is 65.2 Å². The van der Waals surface area contributed by atoms with Crippen molar-refractivity contribution in [1.82, 2.24) is 15.1 Å². The number of piperidine rings is 1. The zero-order valence-corrected chi connectivity index (χ0v) is 17.8. The Morgan fingerprint density at radius 3 is 2.12 bits per heavy atom. The molecule has 1 unspecified atom stereocenters. The van der Waals surface area contributed by atoms with Crippen LogP contribution in [0, 0.1) is 0 Å². The van der Waals surface area contributed by atoms with Gasteiger partial charge >= 0.3 is 0 Å². The third kappa shape index (κ3) is 4.34. The first-order chi connectivity index (χ1) is 15.5. The van der Waals surface area contributed by atoms with Gasteiger partial charge in [-0.1, -0.05) is 30.3 Å². The van der Waals surface area contributed by atoms with E-state index in [1.54, 1.807) is 48.2 Å². The van der Waals surface area contributed by atoms with E-state index in [2.05, 4.69) is 5.32 Å². The average molecular weight is 435 g/mol. The van der Waals surface area contributed by atoms with E-state index in [1.807, 2.05) is 18.2 Å². The molecule has 0 saturated carbocycles. The molecule has 0 bridgehead atoms. The number of benzene rings is 2. The minimum Gasteiger partial charge on any atom is -0.484 e. The summed E-state index contributed by atoms with van der Waals surface area (Å²) in [7, 11) is 0. The van der Waals surface area contributed by atoms with Gasteiger partial charge in [-0.2, -0.15) is 0 Å². The first-order valence-corrected chi connectivity index (χ1v) is 10.7. The van der Waals surface area contributed by atoms with Gasteiger partial charge in [-0.05, 0) is 44.0 Å². The lowest BCUT2D eigenvalue weighted by atomic mass is 10.0. The Kier molecular flexibility index (Phi) is 6.20. The minimum atomic E-state index is -0.915. The maximum absolute atomic E-state index is 12.8. The van der Waals surface area contributed by atoms with Crippen molar-refractivity contribution in [1.29, 1.82) is 0 Å². The third-order valence-corrected chi connectivity index (χ3v) is 5.89. The minimum absolute atomic E-state index is 0.0299. The van der Waals surface area contributed by atoms with Gasteiger partial charge in [-0.15, -0.1) is 0 Å². The van der Waals surface area contributed by atoms with Gasteiger partial charge in [-0.25, -0.2) is 0 Å². The Morgan fingerprint density at radius 1 is 0.969 bits per heavy atom. The summed E-state index contributed by atoms with van der Waals surface area (Å²) < 4.78 is 5.52. The lowest BCUT2D eigenvalue weighted by Gasteiger charge is -2.33. The predicted molar refractivity (Wildman–Crippen MR) is 116 cm³/mol. The molecular weight excluding hydrogens is 410 g/mol. The standard InChI is InChI=1S/C24H25N3O5/c1-16(27-23(30)19-9-5-6-10-20(19)24(27)31)22(29)25-17-11-13-26(14-12-17)21(28)15-32-18-7-3-2-4-8-18/h2-10,16-17H,11-15H2,1H3,(H,25,29). The molecule has 1 N–H and O–H groups in total. The van der Waals surface area contributed by atoms with Gasteiger partial charge in [0.05, 0.1) is 11.1 Å². The fraction of sp³-hybridized carbons (Fsp3) is 0.333. The molecule has 1 saturated heterocycles. The second-order valence-corrected chi connectivity index (χ2v) is 7.97. The van der Waals surface area contributed by atoms with Gasteiger partial charge in [-0.3, -0.25) is 24.1 Å². The molecule has 4 amide bonds. The van der Waals surface area contributed by atoms with Crippen LogP contribution in [0.5, 0.6) is 5.75 Å². The Balaban J connectivity index is 1.26. The summed E-state index contributed by atoms with van der Waals surface area (Å²) in [5.41, 5.74) is 0.642. The van der Waals surface area contributed by atoms with Crippen LogP contribution in [0.4, 0.5) is 0 Å². The van der Waals surface area contributed by atoms with Crippen LogP contribution in [0.2, 0.25) is 0 Å². The Bertz CT molecular complexity index is 996. The van der Waals surface area contributed by atoms with E-state index in [1.165, 1.54) is 0 Å². The highest BCUT2D eigenvalue weighted by Crippen LogP contribution is 2.24. The van der Waals surface area contributed by atoms with Crippen LogP contribution in [0.15, 0.2) is 54.6 Å². The molecular formula is C24H25N3O5. The SMILES string of the molecule is CC(C(=O)NC1CCN(C(=O)COc2ccccc2)CC1)N1C(=O)c2ccccc2C1=O. The summed E-state index contributed by atoms with van der Waals surface area (Å²) >= 11 is 0. The maximum atomic E-state index is 12.8. The summed E-state index contributed by atoms with van der Waals surface area (Å²) in [5, 5.41) is 2.93. The molecule has 2 aliphatic rings. The van der Waals surface area contributed by atoms with Gasteiger partial charge < -0.3 is 15.0 Å². The van der Waals surface area contributed by atoms with Gasteiger partial charge in [0, 0.05) is 19.1 Å². The van der Waals surface area contributed by atoms with Gasteiger partial charge in [0.15, 0.2) is 6.61 Å². The Morgan fingerprint density at radius 2 is 1.53 bits per heavy atom. The highest BCUT2D eigenvalue weighted by Gasteiger charge is 2.41. The molecule has 0 spiro atoms. The number of fused-ring (bicyclic) bond motifs is 1. The molecule has 8 nitrogen and oxygen atoms in total. The van der Waals surface area contributed by atoms with E-state index in [9.17, 15) is 19.2 Å². The zero-order valence-electron chi connectivity index (χ0n) is 17.8. The van der Waals surface area contributed by atoms with E-state index >= 15 is 0 Å². The second-order valence-electron chi connectivity index (χ2n) is 7.97. The molecule has 2 aliphatic heterocycles. The molecule has 0 aromatic heterocycles. The molecule has 4 rings (SSSR count). The van der Waals surface area contributed by atoms with Crippen molar-refractivity contribution in [2.75, 3.05) is 19.7 Å². The number of carbonyl (C=O) groups excluding carboxylic acids is 4. The summed E-state index contributed by atoms with van der Waals surface area (Å²) in [4.78, 5) is 53.1. The maximum Gasteiger partial charge on any atom is 0.262 e. The monoisotopic (exact) mass is 435 g/mol. The van der Waals surface area contributed by atoms with Crippen LogP contribution in [0.25, 0.3) is 0 Å². The molecule has 8 heteroatoms. The lowest BCUT2D eigenvalue weighted by Crippen LogP contribution is -2.53. The predicted octanol–water partition coefficient (Wildman–Crippen LogP) is 1.86. The molecule has 0 radical (unpaired) electrons. The normalized spacial score (nSPS) is 17.2. The van der Waals surface area contributed by atoms with E-state index in [0.29, 0.717) is 42.8 Å². The van der Waals surface area contributed by atoms with E-state index in [-0.39, 0.29) is 24.5 Å². The van der Waals surface area contributed by atoms with E-state index < -0.39 is 17.9 Å². The van der Waals surface area contributed by atoms with Crippen molar-refractivity contribution in [3.63, 3.8) is 0 Å². The third-order valence-electron chi connectivity index (χ3n) is 5.89. The highest BCUT2D eigenvalue weighted by atomic mass is 16.5. The number of nitrogens with one attached hydrogen (secondary N) is 1. The number of amides is 4. The average Bonchev–Trinajstić information content (AvgIpc) is 3.08. The number of nitrogens with zero attached hydrogens (tertiary/aromatic N) is 2. The molecule has 2 heterocycles. The van der Waals surface area contributed by atoms with Crippen LogP contribution < -0.4 is 10.1 Å². The van der Waals surface area contributed by atoms with Crippen molar-refractivity contribution >= 4 is 23.6 Å². The highest BCUT2D eigenvalue weighted by molar-refractivity contribution is 6.22. The van der Waals surface area contributed by atoms with Crippen molar-refractivity contribution in [2.45, 2.75) is 31.8 Å². The zero-order chi connectivity index (χ0) is 22.7. The van der Waals surface area contributed by atoms with Gasteiger partial charge in [0.1, 0.15) is 11.8 Å². The van der Waals surface area contributed by atoms with Crippen LogP contribution in [0.3, 0.4) is 0 Å². The Labute approximate surface area is 186 Å². The van der Waals surface area contributed by atoms with Gasteiger partial charge in [0.2, 0.25) is 5.91 Å². The fourth-order valence-corrected chi connectivity index (χ4v) is 4.02. The summed E-state index contributed by atoms with van der Waals surface area (Å²) in [6.07, 6.45) is 1.19. The van der Waals surface area contributed by atoms with Crippen molar-refractivity contribution in [3.05, 3.63) is 65.7 Å². The number of ether oxygens (including phenoxy) is 1. The molecule has 1 atom stereocenters. The summed E-state index contributed by atoms with van der Waals surface area (Å²) in [6.45, 7) is 2.53. The number of carbonyl (C=O) groups is 4. The smallest absolute Gasteiger partial charge is 0.262 e. The van der Waals surface area contributed by atoms with Crippen LogP contribution in [-0.2, 0) is 9.59 Å². The molecule has 32 heavy (non-hydrogen) atoms. The topological polar surface area (TPSA) is 96.0 Å². The second kappa shape index (κ2) is 9.21. The van der Waals surface area contributed by atoms with Crippen molar-refractivity contribution in [3.8, 4) is 5.75 Å². The fourth-order valence-electron chi connectivity index (χ4n) is 4.02. The molecule has 2 aromatic rings. The molecule has 166 valence electrons. The quantitative estimate of drug-likeness (QED) is 0.699. The largest absolute Gasteiger partial charge is 0.484 e. The number of likely N-dealkylation sites (tertiary alicyclic amines) is 1. The van der Waals surface area contributed by atoms with Crippen LogP contribution in [0.1, 0.15) is 40.5 Å². The van der Waals surface area contributed by atoms with E-state index in [0.717, 1.165) is 4.90 Å². The number of rotatable bonds is 6. The lowest BCUT2D eigenvalue weighted by molar-refractivity contribution is -0.134. The van der Waals surface area contributed by atoms with Crippen molar-refractivity contribution < 1.29 is 23.9 Å². The number of para-hydroxylation sites is 1. The molecule has 1 fully saturated rings. The summed E-state index contributed by atoms with van der Waals surface area (Å²) in [6, 6.07) is 14.7. The first kappa shape index (κ1) is 21.5.